The summed E-state index contributed by atoms with van der Waals surface area (Å²) in [6.45, 7) is 4.51. The average molecular weight is 300 g/mol. The predicted octanol–water partition coefficient (Wildman–Crippen LogP) is 4.15. The molecule has 0 aliphatic heterocycles. The maximum Gasteiger partial charge on any atom is 0.124 e. The molecule has 0 fully saturated rings. The smallest absolute Gasteiger partial charge is 0.124 e. The van der Waals surface area contributed by atoms with Crippen LogP contribution >= 0.6 is 15.9 Å². The van der Waals surface area contributed by atoms with E-state index < -0.39 is 0 Å². The monoisotopic (exact) mass is 299 g/mol. The van der Waals surface area contributed by atoms with E-state index in [0.29, 0.717) is 12.0 Å². The highest BCUT2D eigenvalue weighted by atomic mass is 79.9. The van der Waals surface area contributed by atoms with Crippen molar-refractivity contribution < 1.29 is 4.74 Å². The van der Waals surface area contributed by atoms with Crippen molar-refractivity contribution in [3.8, 4) is 5.75 Å². The van der Waals surface area contributed by atoms with Crippen LogP contribution in [0.15, 0.2) is 22.7 Å². The molecule has 0 heterocycles. The van der Waals surface area contributed by atoms with Crippen molar-refractivity contribution in [1.29, 1.82) is 0 Å². The van der Waals surface area contributed by atoms with Gasteiger partial charge in [0, 0.05) is 16.1 Å². The number of ether oxygens (including phenoxy) is 1. The first-order valence-electron chi connectivity index (χ1n) is 6.14. The van der Waals surface area contributed by atoms with Crippen molar-refractivity contribution in [2.75, 3.05) is 14.2 Å². The Hall–Kier alpha value is -0.540. The summed E-state index contributed by atoms with van der Waals surface area (Å²) in [5.41, 5.74) is 1.24. The van der Waals surface area contributed by atoms with Crippen LogP contribution in [0.4, 0.5) is 0 Å². The van der Waals surface area contributed by atoms with Gasteiger partial charge in [-0.2, -0.15) is 0 Å². The van der Waals surface area contributed by atoms with Gasteiger partial charge in [0.05, 0.1) is 7.11 Å². The van der Waals surface area contributed by atoms with Gasteiger partial charge in [-0.15, -0.1) is 0 Å². The number of hydrogen-bond donors (Lipinski definition) is 1. The number of halogens is 1. The Morgan fingerprint density at radius 3 is 2.65 bits per heavy atom. The lowest BCUT2D eigenvalue weighted by Crippen LogP contribution is -2.24. The van der Waals surface area contributed by atoms with Crippen molar-refractivity contribution in [3.63, 3.8) is 0 Å². The molecule has 1 rings (SSSR count). The molecular formula is C14H22BrNO. The van der Waals surface area contributed by atoms with Gasteiger partial charge in [0.1, 0.15) is 5.75 Å². The molecule has 0 saturated heterocycles. The molecule has 0 amide bonds. The molecule has 1 aromatic rings. The fraction of sp³-hybridized carbons (Fsp3) is 0.571. The van der Waals surface area contributed by atoms with Gasteiger partial charge >= 0.3 is 0 Å². The quantitative estimate of drug-likeness (QED) is 0.852. The topological polar surface area (TPSA) is 21.3 Å². The van der Waals surface area contributed by atoms with Crippen LogP contribution in [-0.4, -0.2) is 14.2 Å². The highest BCUT2D eigenvalue weighted by molar-refractivity contribution is 9.10. The van der Waals surface area contributed by atoms with Crippen molar-refractivity contribution in [1.82, 2.24) is 5.32 Å². The third-order valence-corrected chi connectivity index (χ3v) is 3.65. The van der Waals surface area contributed by atoms with Crippen LogP contribution in [0.2, 0.25) is 0 Å². The summed E-state index contributed by atoms with van der Waals surface area (Å²) in [7, 11) is 3.74. The molecule has 0 bridgehead atoms. The Morgan fingerprint density at radius 2 is 2.12 bits per heavy atom. The summed E-state index contributed by atoms with van der Waals surface area (Å²) in [5.74, 6) is 1.54. The zero-order chi connectivity index (χ0) is 12.8. The predicted molar refractivity (Wildman–Crippen MR) is 76.6 cm³/mol. The summed E-state index contributed by atoms with van der Waals surface area (Å²) in [6, 6.07) is 6.58. The highest BCUT2D eigenvalue weighted by Crippen LogP contribution is 2.33. The molecule has 3 heteroatoms. The van der Waals surface area contributed by atoms with Crippen LogP contribution in [-0.2, 0) is 0 Å². The van der Waals surface area contributed by atoms with Gasteiger partial charge in [-0.3, -0.25) is 0 Å². The first-order valence-corrected chi connectivity index (χ1v) is 6.94. The van der Waals surface area contributed by atoms with Crippen LogP contribution in [0, 0.1) is 5.92 Å². The Labute approximate surface area is 113 Å². The summed E-state index contributed by atoms with van der Waals surface area (Å²) in [6.07, 6.45) is 2.42. The van der Waals surface area contributed by atoms with Crippen molar-refractivity contribution >= 4 is 15.9 Å². The molecule has 0 aliphatic rings. The molecule has 2 unspecified atom stereocenters. The number of nitrogens with one attached hydrogen (secondary N) is 1. The van der Waals surface area contributed by atoms with E-state index in [1.54, 1.807) is 7.11 Å². The van der Waals surface area contributed by atoms with Gasteiger partial charge in [-0.25, -0.2) is 0 Å². The van der Waals surface area contributed by atoms with Crippen molar-refractivity contribution in [2.24, 2.45) is 5.92 Å². The second kappa shape index (κ2) is 7.02. The first kappa shape index (κ1) is 14.5. The molecule has 1 N–H and O–H groups in total. The molecule has 17 heavy (non-hydrogen) atoms. The largest absolute Gasteiger partial charge is 0.496 e. The van der Waals surface area contributed by atoms with E-state index in [1.165, 1.54) is 18.4 Å². The van der Waals surface area contributed by atoms with Crippen LogP contribution < -0.4 is 10.1 Å². The van der Waals surface area contributed by atoms with Gasteiger partial charge in [0.25, 0.3) is 0 Å². The number of rotatable bonds is 6. The van der Waals surface area contributed by atoms with Crippen LogP contribution in [0.5, 0.6) is 5.75 Å². The van der Waals surface area contributed by atoms with E-state index >= 15 is 0 Å². The molecule has 0 aromatic heterocycles. The van der Waals surface area contributed by atoms with Gasteiger partial charge in [0.2, 0.25) is 0 Å². The zero-order valence-corrected chi connectivity index (χ0v) is 12.7. The minimum atomic E-state index is 0.345. The zero-order valence-electron chi connectivity index (χ0n) is 11.1. The van der Waals surface area contributed by atoms with E-state index in [9.17, 15) is 0 Å². The lowest BCUT2D eigenvalue weighted by molar-refractivity contribution is 0.356. The lowest BCUT2D eigenvalue weighted by Gasteiger charge is -2.25. The molecule has 0 aliphatic carbocycles. The fourth-order valence-corrected chi connectivity index (χ4v) is 2.65. The van der Waals surface area contributed by atoms with Crippen LogP contribution in [0.1, 0.15) is 38.3 Å². The van der Waals surface area contributed by atoms with Gasteiger partial charge in [-0.1, -0.05) is 42.3 Å². The van der Waals surface area contributed by atoms with Gasteiger partial charge < -0.3 is 10.1 Å². The standard InChI is InChI=1S/C14H22BrNO/c1-5-6-10(2)14(16-3)12-8-7-11(15)9-13(12)17-4/h7-10,14,16H,5-6H2,1-4H3. The second-order valence-corrected chi connectivity index (χ2v) is 5.33. The molecular weight excluding hydrogens is 278 g/mol. The maximum atomic E-state index is 5.47. The van der Waals surface area contributed by atoms with Crippen LogP contribution in [0.3, 0.4) is 0 Å². The summed E-state index contributed by atoms with van der Waals surface area (Å²) < 4.78 is 6.52. The highest BCUT2D eigenvalue weighted by Gasteiger charge is 2.20. The third-order valence-electron chi connectivity index (χ3n) is 3.15. The van der Waals surface area contributed by atoms with E-state index in [0.717, 1.165) is 10.2 Å². The minimum absolute atomic E-state index is 0.345. The lowest BCUT2D eigenvalue weighted by atomic mass is 9.90. The third kappa shape index (κ3) is 3.71. The van der Waals surface area contributed by atoms with E-state index in [4.69, 9.17) is 4.74 Å². The van der Waals surface area contributed by atoms with Crippen molar-refractivity contribution in [2.45, 2.75) is 32.7 Å². The summed E-state index contributed by atoms with van der Waals surface area (Å²) >= 11 is 3.48. The summed E-state index contributed by atoms with van der Waals surface area (Å²) in [5, 5.41) is 3.40. The molecule has 1 aromatic carbocycles. The fourth-order valence-electron chi connectivity index (χ4n) is 2.31. The minimum Gasteiger partial charge on any atom is -0.496 e. The second-order valence-electron chi connectivity index (χ2n) is 4.42. The normalized spacial score (nSPS) is 14.4. The average Bonchev–Trinajstić information content (AvgIpc) is 2.32. The number of methoxy groups -OCH3 is 1. The molecule has 2 nitrogen and oxygen atoms in total. The first-order chi connectivity index (χ1) is 8.13. The SMILES string of the molecule is CCCC(C)C(NC)c1ccc(Br)cc1OC. The Kier molecular flexibility index (Phi) is 6.00. The Bertz CT molecular complexity index is 354. The number of hydrogen-bond acceptors (Lipinski definition) is 2. The van der Waals surface area contributed by atoms with E-state index in [2.05, 4.69) is 47.2 Å². The van der Waals surface area contributed by atoms with Gasteiger partial charge in [-0.05, 0) is 31.5 Å². The Morgan fingerprint density at radius 1 is 1.41 bits per heavy atom. The Balaban J connectivity index is 3.02. The summed E-state index contributed by atoms with van der Waals surface area (Å²) in [4.78, 5) is 0. The maximum absolute atomic E-state index is 5.47. The van der Waals surface area contributed by atoms with Crippen molar-refractivity contribution in [3.05, 3.63) is 28.2 Å². The van der Waals surface area contributed by atoms with Gasteiger partial charge in [0.15, 0.2) is 0 Å². The van der Waals surface area contributed by atoms with E-state index in [1.807, 2.05) is 13.1 Å². The molecule has 0 saturated carbocycles. The molecule has 0 spiro atoms. The molecule has 2 atom stereocenters. The van der Waals surface area contributed by atoms with E-state index in [-0.39, 0.29) is 0 Å². The molecule has 96 valence electrons. The van der Waals surface area contributed by atoms with Crippen LogP contribution in [0.25, 0.3) is 0 Å². The number of benzene rings is 1. The molecule has 0 radical (unpaired) electrons.